The third kappa shape index (κ3) is 6.44. The summed E-state index contributed by atoms with van der Waals surface area (Å²) in [4.78, 5) is 29.7. The van der Waals surface area contributed by atoms with E-state index in [0.29, 0.717) is 51.6 Å². The van der Waals surface area contributed by atoms with E-state index >= 15 is 0 Å². The molecule has 1 fully saturated rings. The van der Waals surface area contributed by atoms with E-state index in [1.54, 1.807) is 0 Å². The summed E-state index contributed by atoms with van der Waals surface area (Å²) in [5.41, 5.74) is 5.52. The number of hydrogen-bond acceptors (Lipinski definition) is 4. The Labute approximate surface area is 128 Å². The lowest BCUT2D eigenvalue weighted by molar-refractivity contribution is -0.140. The topological polar surface area (TPSA) is 69.9 Å². The van der Waals surface area contributed by atoms with Crippen LogP contribution in [-0.2, 0) is 9.59 Å². The Morgan fingerprint density at radius 2 is 1.57 bits per heavy atom. The summed E-state index contributed by atoms with van der Waals surface area (Å²) in [5, 5.41) is 0. The zero-order valence-corrected chi connectivity index (χ0v) is 13.7. The molecule has 0 aromatic rings. The number of carbonyl (C=O) groups is 2. The number of rotatable bonds is 7. The number of carbonyl (C=O) groups excluding carboxylic acids is 2. The minimum absolute atomic E-state index is 0.142. The first kappa shape index (κ1) is 17.9. The van der Waals surface area contributed by atoms with Crippen molar-refractivity contribution < 1.29 is 9.59 Å². The quantitative estimate of drug-likeness (QED) is 0.717. The number of piperazine rings is 1. The van der Waals surface area contributed by atoms with E-state index in [0.717, 1.165) is 12.8 Å². The average molecular weight is 298 g/mol. The third-order valence-corrected chi connectivity index (χ3v) is 3.95. The second kappa shape index (κ2) is 9.00. The summed E-state index contributed by atoms with van der Waals surface area (Å²) < 4.78 is 0. The van der Waals surface area contributed by atoms with Gasteiger partial charge in [0.1, 0.15) is 0 Å². The standard InChI is InChI=1S/C15H30N4O2/c1-13(6-7-16)4-5-14(20)18-8-10-19(11-9-18)15(21)12-17(2)3/h13H,4-12,16H2,1-3H3. The molecule has 1 aliphatic rings. The molecule has 0 aliphatic carbocycles. The molecule has 1 rings (SSSR count). The van der Waals surface area contributed by atoms with Crippen LogP contribution in [0.4, 0.5) is 0 Å². The number of likely N-dealkylation sites (N-methyl/N-ethyl adjacent to an activating group) is 1. The van der Waals surface area contributed by atoms with Crippen molar-refractivity contribution in [1.29, 1.82) is 0 Å². The zero-order chi connectivity index (χ0) is 15.8. The van der Waals surface area contributed by atoms with Gasteiger partial charge in [-0.2, -0.15) is 0 Å². The predicted octanol–water partition coefficient (Wildman–Crippen LogP) is -0.0161. The molecular weight excluding hydrogens is 268 g/mol. The van der Waals surface area contributed by atoms with Crippen LogP contribution in [0.15, 0.2) is 0 Å². The second-order valence-electron chi connectivity index (χ2n) is 6.22. The van der Waals surface area contributed by atoms with E-state index in [1.165, 1.54) is 0 Å². The summed E-state index contributed by atoms with van der Waals surface area (Å²) in [7, 11) is 3.78. The van der Waals surface area contributed by atoms with Crippen molar-refractivity contribution in [2.45, 2.75) is 26.2 Å². The Bertz CT molecular complexity index is 339. The fourth-order valence-corrected chi connectivity index (χ4v) is 2.53. The van der Waals surface area contributed by atoms with E-state index in [9.17, 15) is 9.59 Å². The van der Waals surface area contributed by atoms with Crippen molar-refractivity contribution in [2.75, 3.05) is 53.4 Å². The van der Waals surface area contributed by atoms with Crippen LogP contribution in [0, 0.1) is 5.92 Å². The highest BCUT2D eigenvalue weighted by Gasteiger charge is 2.24. The summed E-state index contributed by atoms with van der Waals surface area (Å²) in [6, 6.07) is 0. The van der Waals surface area contributed by atoms with Crippen molar-refractivity contribution in [2.24, 2.45) is 11.7 Å². The van der Waals surface area contributed by atoms with Crippen molar-refractivity contribution in [3.63, 3.8) is 0 Å². The van der Waals surface area contributed by atoms with E-state index in [1.807, 2.05) is 28.8 Å². The molecule has 0 bridgehead atoms. The predicted molar refractivity (Wildman–Crippen MR) is 83.8 cm³/mol. The first-order chi connectivity index (χ1) is 9.93. The van der Waals surface area contributed by atoms with Crippen LogP contribution in [0.2, 0.25) is 0 Å². The highest BCUT2D eigenvalue weighted by Crippen LogP contribution is 2.12. The van der Waals surface area contributed by atoms with Gasteiger partial charge in [-0.3, -0.25) is 9.59 Å². The normalized spacial score (nSPS) is 17.2. The van der Waals surface area contributed by atoms with Crippen LogP contribution in [0.25, 0.3) is 0 Å². The van der Waals surface area contributed by atoms with E-state index in [-0.39, 0.29) is 11.8 Å². The molecule has 6 nitrogen and oxygen atoms in total. The van der Waals surface area contributed by atoms with Crippen LogP contribution in [0.5, 0.6) is 0 Å². The van der Waals surface area contributed by atoms with E-state index in [2.05, 4.69) is 6.92 Å². The van der Waals surface area contributed by atoms with Gasteiger partial charge in [-0.15, -0.1) is 0 Å². The Balaban J connectivity index is 2.29. The van der Waals surface area contributed by atoms with Gasteiger partial charge in [0.15, 0.2) is 0 Å². The third-order valence-electron chi connectivity index (χ3n) is 3.95. The lowest BCUT2D eigenvalue weighted by Crippen LogP contribution is -2.52. The molecule has 21 heavy (non-hydrogen) atoms. The number of nitrogens with two attached hydrogens (primary N) is 1. The molecule has 1 heterocycles. The smallest absolute Gasteiger partial charge is 0.236 e. The summed E-state index contributed by atoms with van der Waals surface area (Å²) in [6.07, 6.45) is 2.46. The largest absolute Gasteiger partial charge is 0.339 e. The van der Waals surface area contributed by atoms with Gasteiger partial charge in [0.25, 0.3) is 0 Å². The fourth-order valence-electron chi connectivity index (χ4n) is 2.53. The maximum absolute atomic E-state index is 12.1. The Kier molecular flexibility index (Phi) is 7.67. The molecule has 122 valence electrons. The maximum Gasteiger partial charge on any atom is 0.236 e. The van der Waals surface area contributed by atoms with Gasteiger partial charge in [-0.25, -0.2) is 0 Å². The van der Waals surface area contributed by atoms with Crippen LogP contribution >= 0.6 is 0 Å². The van der Waals surface area contributed by atoms with Crippen molar-refractivity contribution in [1.82, 2.24) is 14.7 Å². The number of hydrogen-bond donors (Lipinski definition) is 1. The SMILES string of the molecule is CC(CCN)CCC(=O)N1CCN(C(=O)CN(C)C)CC1. The molecule has 2 amide bonds. The van der Waals surface area contributed by atoms with E-state index in [4.69, 9.17) is 5.73 Å². The minimum atomic E-state index is 0.142. The molecule has 6 heteroatoms. The van der Waals surface area contributed by atoms with Crippen molar-refractivity contribution >= 4 is 11.8 Å². The van der Waals surface area contributed by atoms with Crippen LogP contribution in [-0.4, -0.2) is 79.9 Å². The molecule has 0 saturated carbocycles. The summed E-state index contributed by atoms with van der Waals surface area (Å²) in [6.45, 7) is 5.87. The highest BCUT2D eigenvalue weighted by molar-refractivity contribution is 5.79. The molecule has 1 aliphatic heterocycles. The van der Waals surface area contributed by atoms with Gasteiger partial charge < -0.3 is 20.4 Å². The molecule has 0 aromatic heterocycles. The molecule has 0 spiro atoms. The molecule has 0 radical (unpaired) electrons. The molecule has 1 unspecified atom stereocenters. The fraction of sp³-hybridized carbons (Fsp3) is 0.867. The molecule has 0 aromatic carbocycles. The molecular formula is C15H30N4O2. The van der Waals surface area contributed by atoms with Crippen LogP contribution in [0.3, 0.4) is 0 Å². The lowest BCUT2D eigenvalue weighted by atomic mass is 10.0. The Morgan fingerprint density at radius 3 is 2.05 bits per heavy atom. The van der Waals surface area contributed by atoms with Gasteiger partial charge >= 0.3 is 0 Å². The van der Waals surface area contributed by atoms with Crippen molar-refractivity contribution in [3.05, 3.63) is 0 Å². The second-order valence-corrected chi connectivity index (χ2v) is 6.22. The highest BCUT2D eigenvalue weighted by atomic mass is 16.2. The van der Waals surface area contributed by atoms with Gasteiger partial charge in [0.05, 0.1) is 6.54 Å². The first-order valence-electron chi connectivity index (χ1n) is 7.84. The van der Waals surface area contributed by atoms with Gasteiger partial charge in [-0.1, -0.05) is 6.92 Å². The monoisotopic (exact) mass is 298 g/mol. The maximum atomic E-state index is 12.1. The lowest BCUT2D eigenvalue weighted by Gasteiger charge is -2.35. The summed E-state index contributed by atoms with van der Waals surface area (Å²) in [5.74, 6) is 0.851. The van der Waals surface area contributed by atoms with Crippen molar-refractivity contribution in [3.8, 4) is 0 Å². The molecule has 2 N–H and O–H groups in total. The van der Waals surface area contributed by atoms with Gasteiger partial charge in [0, 0.05) is 32.6 Å². The first-order valence-corrected chi connectivity index (χ1v) is 7.84. The van der Waals surface area contributed by atoms with Gasteiger partial charge in [0.2, 0.25) is 11.8 Å². The number of nitrogens with zero attached hydrogens (tertiary/aromatic N) is 3. The van der Waals surface area contributed by atoms with Crippen LogP contribution in [0.1, 0.15) is 26.2 Å². The Morgan fingerprint density at radius 1 is 1.05 bits per heavy atom. The summed E-state index contributed by atoms with van der Waals surface area (Å²) >= 11 is 0. The average Bonchev–Trinajstić information content (AvgIpc) is 2.44. The molecule has 1 atom stereocenters. The van der Waals surface area contributed by atoms with Gasteiger partial charge in [-0.05, 0) is 39.4 Å². The minimum Gasteiger partial charge on any atom is -0.339 e. The zero-order valence-electron chi connectivity index (χ0n) is 13.7. The van der Waals surface area contributed by atoms with E-state index < -0.39 is 0 Å². The van der Waals surface area contributed by atoms with Crippen LogP contribution < -0.4 is 5.73 Å². The number of amides is 2. The molecule has 1 saturated heterocycles. The Hall–Kier alpha value is -1.14.